The number of benzene rings is 2. The number of nitrogens with zero attached hydrogens (tertiary/aromatic N) is 1. The zero-order valence-electron chi connectivity index (χ0n) is 11.7. The molecule has 102 valence electrons. The molecule has 0 atom stereocenters. The fraction of sp³-hybridized carbons (Fsp3) is 0.0526. The highest BCUT2D eigenvalue weighted by Gasteiger charge is 2.03. The van der Waals surface area contributed by atoms with E-state index in [1.807, 2.05) is 12.1 Å². The van der Waals surface area contributed by atoms with E-state index in [-0.39, 0.29) is 0 Å². The molecule has 0 saturated carbocycles. The topological polar surface area (TPSA) is 4.41 Å². The average Bonchev–Trinajstić information content (AvgIpc) is 2.85. The minimum absolute atomic E-state index is 0.777. The maximum Gasteiger partial charge on any atom is 0.0453 e. The van der Waals surface area contributed by atoms with Crippen molar-refractivity contribution in [2.24, 2.45) is 0 Å². The summed E-state index contributed by atoms with van der Waals surface area (Å²) in [5.74, 6) is 0. The van der Waals surface area contributed by atoms with Crippen LogP contribution in [-0.4, -0.2) is 4.40 Å². The van der Waals surface area contributed by atoms with E-state index in [1.165, 1.54) is 33.0 Å². The Kier molecular flexibility index (Phi) is 2.76. The van der Waals surface area contributed by atoms with Crippen LogP contribution in [0.5, 0.6) is 0 Å². The van der Waals surface area contributed by atoms with Gasteiger partial charge in [0.15, 0.2) is 0 Å². The monoisotopic (exact) mass is 291 g/mol. The van der Waals surface area contributed by atoms with Gasteiger partial charge in [0, 0.05) is 22.9 Å². The molecule has 0 bridgehead atoms. The molecule has 2 heterocycles. The van der Waals surface area contributed by atoms with Gasteiger partial charge >= 0.3 is 0 Å². The van der Waals surface area contributed by atoms with Crippen molar-refractivity contribution in [3.8, 4) is 11.1 Å². The maximum absolute atomic E-state index is 6.04. The third-order valence-corrected chi connectivity index (χ3v) is 4.10. The molecule has 2 aromatic carbocycles. The summed E-state index contributed by atoms with van der Waals surface area (Å²) in [6.45, 7) is 2.12. The van der Waals surface area contributed by atoms with E-state index in [0.717, 1.165) is 5.02 Å². The van der Waals surface area contributed by atoms with Crippen LogP contribution in [-0.2, 0) is 0 Å². The molecule has 4 rings (SSSR count). The number of hydrogen-bond donors (Lipinski definition) is 0. The van der Waals surface area contributed by atoms with Crippen molar-refractivity contribution in [2.75, 3.05) is 0 Å². The third kappa shape index (κ3) is 2.20. The van der Waals surface area contributed by atoms with Crippen molar-refractivity contribution in [2.45, 2.75) is 6.92 Å². The van der Waals surface area contributed by atoms with Crippen LogP contribution in [0.4, 0.5) is 0 Å². The first kappa shape index (κ1) is 12.5. The van der Waals surface area contributed by atoms with Gasteiger partial charge in [0.1, 0.15) is 0 Å². The zero-order chi connectivity index (χ0) is 14.4. The Labute approximate surface area is 128 Å². The lowest BCUT2D eigenvalue weighted by Gasteiger charge is -2.06. The Morgan fingerprint density at radius 1 is 0.762 bits per heavy atom. The Balaban J connectivity index is 1.88. The van der Waals surface area contributed by atoms with E-state index in [1.54, 1.807) is 0 Å². The summed E-state index contributed by atoms with van der Waals surface area (Å²) >= 11 is 6.04. The molecule has 0 radical (unpaired) electrons. The van der Waals surface area contributed by atoms with Crippen LogP contribution >= 0.6 is 11.6 Å². The number of hydrogen-bond acceptors (Lipinski definition) is 0. The first-order valence-corrected chi connectivity index (χ1v) is 7.35. The van der Waals surface area contributed by atoms with Crippen LogP contribution < -0.4 is 0 Å². The summed E-state index contributed by atoms with van der Waals surface area (Å²) < 4.78 is 2.18. The smallest absolute Gasteiger partial charge is 0.0453 e. The van der Waals surface area contributed by atoms with Gasteiger partial charge in [-0.2, -0.15) is 0 Å². The van der Waals surface area contributed by atoms with E-state index in [9.17, 15) is 0 Å². The summed E-state index contributed by atoms with van der Waals surface area (Å²) in [7, 11) is 0. The van der Waals surface area contributed by atoms with Gasteiger partial charge in [-0.05, 0) is 64.7 Å². The normalized spacial score (nSPS) is 11.3. The lowest BCUT2D eigenvalue weighted by Crippen LogP contribution is -1.85. The number of aromatic nitrogens is 1. The molecule has 4 aromatic rings. The number of fused-ring (bicyclic) bond motifs is 2. The van der Waals surface area contributed by atoms with Crippen LogP contribution in [0.3, 0.4) is 0 Å². The van der Waals surface area contributed by atoms with Crippen molar-refractivity contribution < 1.29 is 0 Å². The number of rotatable bonds is 1. The van der Waals surface area contributed by atoms with Gasteiger partial charge in [0.05, 0.1) is 0 Å². The van der Waals surface area contributed by atoms with Crippen LogP contribution in [0.2, 0.25) is 5.02 Å². The van der Waals surface area contributed by atoms with Crippen LogP contribution in [0.15, 0.2) is 67.0 Å². The van der Waals surface area contributed by atoms with E-state index in [0.29, 0.717) is 0 Å². The largest absolute Gasteiger partial charge is 0.323 e. The van der Waals surface area contributed by atoms with Crippen LogP contribution in [0, 0.1) is 6.92 Å². The van der Waals surface area contributed by atoms with Crippen molar-refractivity contribution >= 4 is 27.9 Å². The average molecular weight is 292 g/mol. The molecular weight excluding hydrogens is 278 g/mol. The quantitative estimate of drug-likeness (QED) is 0.422. The van der Waals surface area contributed by atoms with Crippen molar-refractivity contribution in [3.63, 3.8) is 0 Å². The molecule has 0 amide bonds. The first-order chi connectivity index (χ1) is 10.2. The second kappa shape index (κ2) is 4.64. The molecule has 0 aliphatic rings. The molecule has 0 unspecified atom stereocenters. The van der Waals surface area contributed by atoms with Gasteiger partial charge in [-0.3, -0.25) is 0 Å². The standard InChI is InChI=1S/C19H14ClN/c1-13-8-19-7-5-17(12-21(19)11-13)15-2-3-16-10-18(20)6-4-14(16)9-15/h2-12H,1H3. The molecule has 1 nitrogen and oxygen atoms in total. The second-order valence-corrected chi connectivity index (χ2v) is 5.91. The van der Waals surface area contributed by atoms with Crippen molar-refractivity contribution in [1.82, 2.24) is 4.40 Å². The number of aryl methyl sites for hydroxylation is 1. The predicted octanol–water partition coefficient (Wildman–Crippen LogP) is 5.72. The first-order valence-electron chi connectivity index (χ1n) is 6.97. The fourth-order valence-electron chi connectivity index (χ4n) is 2.82. The van der Waals surface area contributed by atoms with Gasteiger partial charge in [0.2, 0.25) is 0 Å². The number of pyridine rings is 1. The SMILES string of the molecule is Cc1cc2ccc(-c3ccc4cc(Cl)ccc4c3)cn2c1. The van der Waals surface area contributed by atoms with E-state index >= 15 is 0 Å². The van der Waals surface area contributed by atoms with E-state index in [2.05, 4.69) is 66.2 Å². The summed E-state index contributed by atoms with van der Waals surface area (Å²) in [6.07, 6.45) is 4.33. The molecule has 21 heavy (non-hydrogen) atoms. The van der Waals surface area contributed by atoms with Gasteiger partial charge in [-0.15, -0.1) is 0 Å². The van der Waals surface area contributed by atoms with Gasteiger partial charge < -0.3 is 4.40 Å². The Hall–Kier alpha value is -2.25. The van der Waals surface area contributed by atoms with Crippen molar-refractivity contribution in [3.05, 3.63) is 77.6 Å². The molecule has 2 heteroatoms. The summed E-state index contributed by atoms with van der Waals surface area (Å²) in [5, 5.41) is 3.16. The molecular formula is C19H14ClN. The lowest BCUT2D eigenvalue weighted by molar-refractivity contribution is 1.19. The highest BCUT2D eigenvalue weighted by molar-refractivity contribution is 6.31. The Bertz CT molecular complexity index is 966. The summed E-state index contributed by atoms with van der Waals surface area (Å²) in [5.41, 5.74) is 4.94. The molecule has 2 aromatic heterocycles. The van der Waals surface area contributed by atoms with Crippen LogP contribution in [0.25, 0.3) is 27.4 Å². The lowest BCUT2D eigenvalue weighted by atomic mass is 10.0. The summed E-state index contributed by atoms with van der Waals surface area (Å²) in [6, 6.07) is 19.0. The highest BCUT2D eigenvalue weighted by Crippen LogP contribution is 2.27. The Morgan fingerprint density at radius 2 is 1.52 bits per heavy atom. The van der Waals surface area contributed by atoms with Crippen molar-refractivity contribution in [1.29, 1.82) is 0 Å². The van der Waals surface area contributed by atoms with Crippen LogP contribution in [0.1, 0.15) is 5.56 Å². The number of halogens is 1. The molecule has 0 N–H and O–H groups in total. The fourth-order valence-corrected chi connectivity index (χ4v) is 3.00. The van der Waals surface area contributed by atoms with Gasteiger partial charge in [-0.1, -0.05) is 35.9 Å². The minimum Gasteiger partial charge on any atom is -0.323 e. The zero-order valence-corrected chi connectivity index (χ0v) is 12.4. The molecule has 0 aliphatic carbocycles. The maximum atomic E-state index is 6.04. The Morgan fingerprint density at radius 3 is 2.43 bits per heavy atom. The highest BCUT2D eigenvalue weighted by atomic mass is 35.5. The van der Waals surface area contributed by atoms with Gasteiger partial charge in [0.25, 0.3) is 0 Å². The molecule has 0 fully saturated rings. The predicted molar refractivity (Wildman–Crippen MR) is 90.1 cm³/mol. The second-order valence-electron chi connectivity index (χ2n) is 5.47. The van der Waals surface area contributed by atoms with E-state index < -0.39 is 0 Å². The molecule has 0 saturated heterocycles. The third-order valence-electron chi connectivity index (χ3n) is 3.86. The summed E-state index contributed by atoms with van der Waals surface area (Å²) in [4.78, 5) is 0. The molecule has 0 spiro atoms. The van der Waals surface area contributed by atoms with Gasteiger partial charge in [-0.25, -0.2) is 0 Å². The van der Waals surface area contributed by atoms with E-state index in [4.69, 9.17) is 11.6 Å². The molecule has 0 aliphatic heterocycles. The minimum atomic E-state index is 0.777.